The number of tetrazole rings is 1. The first kappa shape index (κ1) is 24.4. The van der Waals surface area contributed by atoms with Crippen LogP contribution in [-0.2, 0) is 6.54 Å². The number of likely N-dealkylation sites (N-methyl/N-ethyl adjacent to an activating group) is 1. The highest BCUT2D eigenvalue weighted by atomic mass is 16.3. The first-order valence-corrected chi connectivity index (χ1v) is 11.5. The van der Waals surface area contributed by atoms with Gasteiger partial charge in [0.25, 0.3) is 0 Å². The van der Waals surface area contributed by atoms with Crippen LogP contribution in [0.25, 0.3) is 22.5 Å². The van der Waals surface area contributed by atoms with E-state index >= 15 is 0 Å². The number of aliphatic hydroxyl groups is 1. The van der Waals surface area contributed by atoms with Gasteiger partial charge in [0, 0.05) is 25.7 Å². The number of aromatic amines is 1. The molecular weight excluding hydrogens is 416 g/mol. The van der Waals surface area contributed by atoms with E-state index in [-0.39, 0.29) is 24.6 Å². The van der Waals surface area contributed by atoms with Crippen LogP contribution in [0.4, 0.5) is 4.79 Å². The van der Waals surface area contributed by atoms with E-state index in [2.05, 4.69) is 51.8 Å². The van der Waals surface area contributed by atoms with Crippen molar-refractivity contribution in [2.24, 2.45) is 5.92 Å². The van der Waals surface area contributed by atoms with Gasteiger partial charge in [-0.3, -0.25) is 0 Å². The van der Waals surface area contributed by atoms with Crippen LogP contribution in [0.2, 0.25) is 0 Å². The number of nitrogens with one attached hydrogen (secondary N) is 1. The molecule has 2 amide bonds. The molecule has 0 radical (unpaired) electrons. The number of hydrogen-bond donors (Lipinski definition) is 2. The topological polar surface area (TPSA) is 98.2 Å². The number of hydrogen-bond acceptors (Lipinski definition) is 5. The summed E-state index contributed by atoms with van der Waals surface area (Å²) in [5.74, 6) is 0.730. The van der Waals surface area contributed by atoms with Gasteiger partial charge in [-0.1, -0.05) is 75.7 Å². The molecular formula is C25H34N6O2. The van der Waals surface area contributed by atoms with E-state index in [1.807, 2.05) is 43.0 Å². The van der Waals surface area contributed by atoms with Gasteiger partial charge < -0.3 is 14.9 Å². The van der Waals surface area contributed by atoms with Crippen molar-refractivity contribution in [3.05, 3.63) is 54.1 Å². The predicted octanol–water partition coefficient (Wildman–Crippen LogP) is 4.20. The van der Waals surface area contributed by atoms with Crippen molar-refractivity contribution in [1.82, 2.24) is 30.4 Å². The Morgan fingerprint density at radius 2 is 1.79 bits per heavy atom. The van der Waals surface area contributed by atoms with Gasteiger partial charge >= 0.3 is 6.03 Å². The van der Waals surface area contributed by atoms with E-state index in [1.54, 1.807) is 11.9 Å². The lowest BCUT2D eigenvalue weighted by atomic mass is 9.98. The molecule has 33 heavy (non-hydrogen) atoms. The summed E-state index contributed by atoms with van der Waals surface area (Å²) in [4.78, 5) is 16.8. The van der Waals surface area contributed by atoms with E-state index in [9.17, 15) is 9.90 Å². The lowest BCUT2D eigenvalue weighted by molar-refractivity contribution is 0.0985. The largest absolute Gasteiger partial charge is 0.394 e. The molecule has 0 saturated carbocycles. The number of urea groups is 1. The number of carbonyl (C=O) groups is 1. The van der Waals surface area contributed by atoms with Crippen molar-refractivity contribution in [2.75, 3.05) is 20.2 Å². The van der Waals surface area contributed by atoms with Crippen molar-refractivity contribution < 1.29 is 9.90 Å². The van der Waals surface area contributed by atoms with E-state index in [1.165, 1.54) is 0 Å². The standard InChI is InChI=1S/C25H34N6O2/c1-5-6-15-31(25(33)30(4)23(17-32)18(2)3)16-19-11-13-20(14-12-19)21-9-7-8-10-22(21)24-26-28-29-27-24/h7-14,18,23,32H,5-6,15-17H2,1-4H3,(H,26,27,28,29). The van der Waals surface area contributed by atoms with Crippen molar-refractivity contribution in [3.8, 4) is 22.5 Å². The average Bonchev–Trinajstić information content (AvgIpc) is 3.37. The summed E-state index contributed by atoms with van der Waals surface area (Å²) in [6.45, 7) is 7.31. The van der Waals surface area contributed by atoms with Gasteiger partial charge in [0.2, 0.25) is 5.82 Å². The normalized spacial score (nSPS) is 12.1. The maximum absolute atomic E-state index is 13.2. The fourth-order valence-electron chi connectivity index (χ4n) is 3.95. The van der Waals surface area contributed by atoms with Gasteiger partial charge in [-0.05, 0) is 34.2 Å². The predicted molar refractivity (Wildman–Crippen MR) is 129 cm³/mol. The van der Waals surface area contributed by atoms with Gasteiger partial charge in [-0.2, -0.15) is 5.21 Å². The third-order valence-electron chi connectivity index (χ3n) is 5.96. The molecule has 0 spiro atoms. The summed E-state index contributed by atoms with van der Waals surface area (Å²) < 4.78 is 0. The summed E-state index contributed by atoms with van der Waals surface area (Å²) in [5, 5.41) is 24.2. The molecule has 1 heterocycles. The van der Waals surface area contributed by atoms with Gasteiger partial charge in [-0.25, -0.2) is 4.79 Å². The molecule has 2 N–H and O–H groups in total. The molecule has 2 aromatic carbocycles. The number of rotatable bonds is 10. The third-order valence-corrected chi connectivity index (χ3v) is 5.96. The molecule has 1 unspecified atom stereocenters. The van der Waals surface area contributed by atoms with Crippen LogP contribution in [0.3, 0.4) is 0 Å². The minimum absolute atomic E-state index is 0.0456. The van der Waals surface area contributed by atoms with Crippen LogP contribution in [-0.4, -0.2) is 67.8 Å². The molecule has 176 valence electrons. The summed E-state index contributed by atoms with van der Waals surface area (Å²) in [6.07, 6.45) is 1.94. The maximum atomic E-state index is 13.2. The van der Waals surface area contributed by atoms with Crippen molar-refractivity contribution in [2.45, 2.75) is 46.2 Å². The molecule has 0 aliphatic heterocycles. The first-order valence-electron chi connectivity index (χ1n) is 11.5. The van der Waals surface area contributed by atoms with Crippen LogP contribution in [0.15, 0.2) is 48.5 Å². The molecule has 8 heteroatoms. The fraction of sp³-hybridized carbons (Fsp3) is 0.440. The lowest BCUT2D eigenvalue weighted by Gasteiger charge is -2.34. The molecule has 3 aromatic rings. The second-order valence-electron chi connectivity index (χ2n) is 8.64. The van der Waals surface area contributed by atoms with Gasteiger partial charge in [0.1, 0.15) is 0 Å². The van der Waals surface area contributed by atoms with E-state index in [0.717, 1.165) is 35.1 Å². The molecule has 0 aliphatic rings. The van der Waals surface area contributed by atoms with Crippen molar-refractivity contribution >= 4 is 6.03 Å². The zero-order chi connectivity index (χ0) is 23.8. The Balaban J connectivity index is 1.80. The summed E-state index contributed by atoms with van der Waals surface area (Å²) in [6, 6.07) is 15.9. The zero-order valence-corrected chi connectivity index (χ0v) is 19.9. The third kappa shape index (κ3) is 5.96. The Bertz CT molecular complexity index is 1000. The molecule has 8 nitrogen and oxygen atoms in total. The highest BCUT2D eigenvalue weighted by Gasteiger charge is 2.26. The molecule has 0 fully saturated rings. The van der Waals surface area contributed by atoms with Crippen LogP contribution in [0.1, 0.15) is 39.2 Å². The highest BCUT2D eigenvalue weighted by Crippen LogP contribution is 2.30. The Morgan fingerprint density at radius 3 is 2.36 bits per heavy atom. The summed E-state index contributed by atoms with van der Waals surface area (Å²) in [5.41, 5.74) is 4.03. The Morgan fingerprint density at radius 1 is 1.09 bits per heavy atom. The number of aromatic nitrogens is 4. The number of aliphatic hydroxyl groups excluding tert-OH is 1. The second kappa shape index (κ2) is 11.6. The quantitative estimate of drug-likeness (QED) is 0.482. The minimum atomic E-state index is -0.203. The average molecular weight is 451 g/mol. The van der Waals surface area contributed by atoms with Crippen LogP contribution in [0.5, 0.6) is 0 Å². The van der Waals surface area contributed by atoms with Gasteiger partial charge in [0.15, 0.2) is 0 Å². The minimum Gasteiger partial charge on any atom is -0.394 e. The van der Waals surface area contributed by atoms with Crippen LogP contribution >= 0.6 is 0 Å². The SMILES string of the molecule is CCCCN(Cc1ccc(-c2ccccc2-c2nn[nH]n2)cc1)C(=O)N(C)C(CO)C(C)C. The van der Waals surface area contributed by atoms with E-state index < -0.39 is 0 Å². The maximum Gasteiger partial charge on any atom is 0.320 e. The second-order valence-corrected chi connectivity index (χ2v) is 8.64. The molecule has 1 aromatic heterocycles. The number of benzene rings is 2. The molecule has 0 saturated heterocycles. The Labute approximate surface area is 195 Å². The Kier molecular flexibility index (Phi) is 8.54. The number of carbonyl (C=O) groups excluding carboxylic acids is 1. The van der Waals surface area contributed by atoms with Gasteiger partial charge in [0.05, 0.1) is 12.6 Å². The smallest absolute Gasteiger partial charge is 0.320 e. The summed E-state index contributed by atoms with van der Waals surface area (Å²) in [7, 11) is 1.78. The van der Waals surface area contributed by atoms with Crippen LogP contribution < -0.4 is 0 Å². The van der Waals surface area contributed by atoms with Crippen molar-refractivity contribution in [1.29, 1.82) is 0 Å². The van der Waals surface area contributed by atoms with E-state index in [4.69, 9.17) is 0 Å². The number of nitrogens with zero attached hydrogens (tertiary/aromatic N) is 5. The highest BCUT2D eigenvalue weighted by molar-refractivity contribution is 5.80. The molecule has 3 rings (SSSR count). The lowest BCUT2D eigenvalue weighted by Crippen LogP contribution is -2.49. The molecule has 1 atom stereocenters. The molecule has 0 aliphatic carbocycles. The number of unbranched alkanes of at least 4 members (excludes halogenated alkanes) is 1. The zero-order valence-electron chi connectivity index (χ0n) is 19.9. The van der Waals surface area contributed by atoms with E-state index in [0.29, 0.717) is 18.9 Å². The van der Waals surface area contributed by atoms with Gasteiger partial charge in [-0.15, -0.1) is 10.2 Å². The Hall–Kier alpha value is -3.26. The fourth-order valence-corrected chi connectivity index (χ4v) is 3.95. The number of amides is 2. The van der Waals surface area contributed by atoms with Crippen LogP contribution in [0, 0.1) is 5.92 Å². The molecule has 0 bridgehead atoms. The number of H-pyrrole nitrogens is 1. The first-order chi connectivity index (χ1) is 16.0. The summed E-state index contributed by atoms with van der Waals surface area (Å²) >= 11 is 0. The monoisotopic (exact) mass is 450 g/mol. The van der Waals surface area contributed by atoms with Crippen molar-refractivity contribution in [3.63, 3.8) is 0 Å².